The zero-order chi connectivity index (χ0) is 10.7. The lowest BCUT2D eigenvalue weighted by Crippen LogP contribution is -2.02. The van der Waals surface area contributed by atoms with Crippen molar-refractivity contribution in [3.63, 3.8) is 0 Å². The Kier molecular flexibility index (Phi) is 2.98. The first kappa shape index (κ1) is 10.1. The monoisotopic (exact) mass is 226 g/mol. The summed E-state index contributed by atoms with van der Waals surface area (Å²) in [6.45, 7) is 0.431. The smallest absolute Gasteiger partial charge is 0.244 e. The van der Waals surface area contributed by atoms with Crippen LogP contribution in [-0.4, -0.2) is 34.0 Å². The summed E-state index contributed by atoms with van der Waals surface area (Å²) in [5.74, 6) is 0.338. The van der Waals surface area contributed by atoms with Crippen molar-refractivity contribution < 1.29 is 14.6 Å². The first-order chi connectivity index (χ1) is 7.36. The van der Waals surface area contributed by atoms with Crippen molar-refractivity contribution in [1.82, 2.24) is 9.38 Å². The number of aliphatic hydroxyl groups excluding tert-OH is 1. The fraction of sp³-hybridized carbons (Fsp3) is 0.333. The quantitative estimate of drug-likeness (QED) is 0.609. The number of aromatic nitrogens is 2. The third-order valence-electron chi connectivity index (χ3n) is 1.92. The summed E-state index contributed by atoms with van der Waals surface area (Å²) in [5, 5.41) is 10.5. The zero-order valence-electron chi connectivity index (χ0n) is 7.92. The molecule has 0 saturated heterocycles. The molecule has 0 radical (unpaired) electrons. The number of thiazole rings is 1. The van der Waals surface area contributed by atoms with Crippen molar-refractivity contribution in [3.8, 4) is 5.88 Å². The number of imidazole rings is 1. The van der Waals surface area contributed by atoms with E-state index >= 15 is 0 Å². The lowest BCUT2D eigenvalue weighted by molar-refractivity contribution is 0.111. The summed E-state index contributed by atoms with van der Waals surface area (Å²) in [7, 11) is 0. The number of carbonyl (C=O) groups is 1. The van der Waals surface area contributed by atoms with Crippen LogP contribution in [0, 0.1) is 0 Å². The molecule has 5 nitrogen and oxygen atoms in total. The SMILES string of the molecule is O=Cc1c(OCCCO)nc2sccn12. The molecule has 0 aliphatic rings. The van der Waals surface area contributed by atoms with E-state index in [-0.39, 0.29) is 6.61 Å². The summed E-state index contributed by atoms with van der Waals surface area (Å²) >= 11 is 1.44. The van der Waals surface area contributed by atoms with E-state index in [1.54, 1.807) is 10.6 Å². The fourth-order valence-electron chi connectivity index (χ4n) is 1.23. The predicted molar refractivity (Wildman–Crippen MR) is 55.7 cm³/mol. The normalized spacial score (nSPS) is 10.7. The number of aliphatic hydroxyl groups is 1. The van der Waals surface area contributed by atoms with Crippen LogP contribution in [-0.2, 0) is 0 Å². The van der Waals surface area contributed by atoms with Gasteiger partial charge in [0, 0.05) is 24.6 Å². The number of rotatable bonds is 5. The number of fused-ring (bicyclic) bond motifs is 1. The molecule has 2 rings (SSSR count). The molecule has 0 aromatic carbocycles. The van der Waals surface area contributed by atoms with Gasteiger partial charge in [-0.2, -0.15) is 4.98 Å². The lowest BCUT2D eigenvalue weighted by atomic mass is 10.5. The molecule has 0 aliphatic carbocycles. The largest absolute Gasteiger partial charge is 0.476 e. The van der Waals surface area contributed by atoms with E-state index in [4.69, 9.17) is 9.84 Å². The van der Waals surface area contributed by atoms with Gasteiger partial charge < -0.3 is 9.84 Å². The van der Waals surface area contributed by atoms with Crippen LogP contribution in [0.3, 0.4) is 0 Å². The fourth-order valence-corrected chi connectivity index (χ4v) is 1.94. The van der Waals surface area contributed by atoms with Gasteiger partial charge in [-0.15, -0.1) is 11.3 Å². The number of hydrogen-bond acceptors (Lipinski definition) is 5. The zero-order valence-corrected chi connectivity index (χ0v) is 8.74. The molecule has 0 unspecified atom stereocenters. The molecule has 6 heteroatoms. The van der Waals surface area contributed by atoms with Crippen LogP contribution in [0.1, 0.15) is 16.9 Å². The van der Waals surface area contributed by atoms with E-state index in [2.05, 4.69) is 4.98 Å². The summed E-state index contributed by atoms with van der Waals surface area (Å²) in [6.07, 6.45) is 3.03. The second kappa shape index (κ2) is 4.41. The van der Waals surface area contributed by atoms with E-state index in [1.165, 1.54) is 11.3 Å². The van der Waals surface area contributed by atoms with E-state index < -0.39 is 0 Å². The topological polar surface area (TPSA) is 63.8 Å². The van der Waals surface area contributed by atoms with E-state index in [0.717, 1.165) is 11.2 Å². The standard InChI is InChI=1S/C9H10N2O3S/c12-3-1-4-14-8-7(6-13)11-2-5-15-9(11)10-8/h2,5-6,12H,1,3-4H2. The van der Waals surface area contributed by atoms with Crippen LogP contribution in [0.25, 0.3) is 4.96 Å². The van der Waals surface area contributed by atoms with Crippen LogP contribution in [0.2, 0.25) is 0 Å². The summed E-state index contributed by atoms with van der Waals surface area (Å²) in [5.41, 5.74) is 0.421. The number of ether oxygens (including phenoxy) is 1. The molecular weight excluding hydrogens is 216 g/mol. The third-order valence-corrected chi connectivity index (χ3v) is 2.67. The molecule has 2 aromatic rings. The average molecular weight is 226 g/mol. The summed E-state index contributed by atoms with van der Waals surface area (Å²) in [6, 6.07) is 0. The van der Waals surface area contributed by atoms with Crippen LogP contribution < -0.4 is 4.74 Å². The van der Waals surface area contributed by atoms with Gasteiger partial charge in [0.15, 0.2) is 16.9 Å². The van der Waals surface area contributed by atoms with E-state index in [0.29, 0.717) is 24.6 Å². The van der Waals surface area contributed by atoms with Crippen LogP contribution >= 0.6 is 11.3 Å². The van der Waals surface area contributed by atoms with Crippen molar-refractivity contribution in [1.29, 1.82) is 0 Å². The second-order valence-electron chi connectivity index (χ2n) is 2.90. The molecule has 0 fully saturated rings. The highest BCUT2D eigenvalue weighted by Crippen LogP contribution is 2.21. The molecule has 1 N–H and O–H groups in total. The van der Waals surface area contributed by atoms with Crippen molar-refractivity contribution in [2.75, 3.05) is 13.2 Å². The van der Waals surface area contributed by atoms with Crippen molar-refractivity contribution >= 4 is 22.6 Å². The van der Waals surface area contributed by atoms with Gasteiger partial charge in [0.05, 0.1) is 6.61 Å². The Morgan fingerprint density at radius 1 is 1.67 bits per heavy atom. The highest BCUT2D eigenvalue weighted by Gasteiger charge is 2.13. The summed E-state index contributed by atoms with van der Waals surface area (Å²) < 4.78 is 6.98. The van der Waals surface area contributed by atoms with Gasteiger partial charge in [-0.05, 0) is 0 Å². The number of nitrogens with zero attached hydrogens (tertiary/aromatic N) is 2. The Balaban J connectivity index is 2.25. The van der Waals surface area contributed by atoms with Crippen molar-refractivity contribution in [2.45, 2.75) is 6.42 Å². The molecule has 80 valence electrons. The lowest BCUT2D eigenvalue weighted by Gasteiger charge is -2.00. The van der Waals surface area contributed by atoms with Gasteiger partial charge in [0.1, 0.15) is 0 Å². The first-order valence-electron chi connectivity index (χ1n) is 4.51. The molecular formula is C9H10N2O3S. The van der Waals surface area contributed by atoms with Gasteiger partial charge in [-0.1, -0.05) is 0 Å². The first-order valence-corrected chi connectivity index (χ1v) is 5.39. The molecule has 15 heavy (non-hydrogen) atoms. The number of aldehydes is 1. The van der Waals surface area contributed by atoms with Crippen molar-refractivity contribution in [3.05, 3.63) is 17.3 Å². The van der Waals surface area contributed by atoms with Gasteiger partial charge in [0.2, 0.25) is 5.88 Å². The molecule has 0 saturated carbocycles. The molecule has 0 amide bonds. The molecule has 2 aromatic heterocycles. The Morgan fingerprint density at radius 3 is 3.27 bits per heavy atom. The van der Waals surface area contributed by atoms with E-state index in [9.17, 15) is 4.79 Å². The number of hydrogen-bond donors (Lipinski definition) is 1. The van der Waals surface area contributed by atoms with Gasteiger partial charge >= 0.3 is 0 Å². The van der Waals surface area contributed by atoms with Crippen LogP contribution in [0.5, 0.6) is 5.88 Å². The van der Waals surface area contributed by atoms with Crippen LogP contribution in [0.15, 0.2) is 11.6 Å². The van der Waals surface area contributed by atoms with Crippen molar-refractivity contribution in [2.24, 2.45) is 0 Å². The predicted octanol–water partition coefficient (Wildman–Crippen LogP) is 0.970. The highest BCUT2D eigenvalue weighted by atomic mass is 32.1. The third kappa shape index (κ3) is 1.86. The second-order valence-corrected chi connectivity index (χ2v) is 3.77. The Morgan fingerprint density at radius 2 is 2.53 bits per heavy atom. The average Bonchev–Trinajstić information content (AvgIpc) is 2.77. The molecule has 0 bridgehead atoms. The van der Waals surface area contributed by atoms with Gasteiger partial charge in [-0.3, -0.25) is 9.20 Å². The maximum absolute atomic E-state index is 10.8. The maximum atomic E-state index is 10.8. The van der Waals surface area contributed by atoms with E-state index in [1.807, 2.05) is 5.38 Å². The Labute approximate surface area is 89.9 Å². The molecule has 2 heterocycles. The summed E-state index contributed by atoms with van der Waals surface area (Å²) in [4.78, 5) is 15.7. The molecule has 0 spiro atoms. The Hall–Kier alpha value is -1.40. The minimum atomic E-state index is 0.0681. The van der Waals surface area contributed by atoms with Crippen LogP contribution in [0.4, 0.5) is 0 Å². The minimum absolute atomic E-state index is 0.0681. The molecule has 0 atom stereocenters. The minimum Gasteiger partial charge on any atom is -0.476 e. The van der Waals surface area contributed by atoms with Gasteiger partial charge in [-0.25, -0.2) is 0 Å². The molecule has 0 aliphatic heterocycles. The Bertz CT molecular complexity index is 463. The van der Waals surface area contributed by atoms with Gasteiger partial charge in [0.25, 0.3) is 0 Å². The number of carbonyl (C=O) groups excluding carboxylic acids is 1. The maximum Gasteiger partial charge on any atom is 0.244 e. The highest BCUT2D eigenvalue weighted by molar-refractivity contribution is 7.15.